The van der Waals surface area contributed by atoms with Gasteiger partial charge in [-0.2, -0.15) is 8.42 Å². The third-order valence-corrected chi connectivity index (χ3v) is 5.55. The van der Waals surface area contributed by atoms with E-state index in [1.807, 2.05) is 0 Å². The standard InChI is InChI=1S/C14H16N2O4S/c1-14(13(17)18)8-4-5-9-16(14)12-10-6-2-3-7-11(10)21(19,20)15-12/h2-3,6-7H,4-5,8-9H2,1H3,(H,17,18). The molecule has 0 aliphatic carbocycles. The third kappa shape index (κ3) is 2.03. The summed E-state index contributed by atoms with van der Waals surface area (Å²) in [5.74, 6) is -0.693. The average molecular weight is 308 g/mol. The predicted octanol–water partition coefficient (Wildman–Crippen LogP) is 1.46. The maximum Gasteiger partial charge on any atom is 0.329 e. The number of sulfonamides is 1. The largest absolute Gasteiger partial charge is 0.480 e. The van der Waals surface area contributed by atoms with Gasteiger partial charge in [-0.15, -0.1) is 4.40 Å². The molecule has 0 radical (unpaired) electrons. The lowest BCUT2D eigenvalue weighted by molar-refractivity contribution is -0.149. The Morgan fingerprint density at radius 1 is 1.33 bits per heavy atom. The highest BCUT2D eigenvalue weighted by molar-refractivity contribution is 7.90. The van der Waals surface area contributed by atoms with Crippen LogP contribution in [0.3, 0.4) is 0 Å². The molecule has 1 fully saturated rings. The van der Waals surface area contributed by atoms with Crippen LogP contribution in [-0.4, -0.2) is 42.3 Å². The van der Waals surface area contributed by atoms with Gasteiger partial charge in [-0.3, -0.25) is 0 Å². The Morgan fingerprint density at radius 2 is 2.05 bits per heavy atom. The molecular formula is C14H16N2O4S. The Bertz CT molecular complexity index is 741. The van der Waals surface area contributed by atoms with E-state index in [1.165, 1.54) is 6.07 Å². The third-order valence-electron chi connectivity index (χ3n) is 4.22. The lowest BCUT2D eigenvalue weighted by Gasteiger charge is -2.42. The molecule has 1 aromatic carbocycles. The molecule has 21 heavy (non-hydrogen) atoms. The Morgan fingerprint density at radius 3 is 2.76 bits per heavy atom. The first-order valence-corrected chi connectivity index (χ1v) is 8.26. The van der Waals surface area contributed by atoms with E-state index < -0.39 is 21.5 Å². The lowest BCUT2D eigenvalue weighted by atomic mass is 9.87. The summed E-state index contributed by atoms with van der Waals surface area (Å²) in [6, 6.07) is 6.55. The molecule has 1 saturated heterocycles. The normalized spacial score (nSPS) is 27.1. The topological polar surface area (TPSA) is 87.0 Å². The SMILES string of the molecule is CC1(C(=O)O)CCCCN1C1=NS(=O)(=O)c2ccccc21. The Hall–Kier alpha value is -1.89. The van der Waals surface area contributed by atoms with Crippen molar-refractivity contribution in [2.24, 2.45) is 4.40 Å². The second-order valence-electron chi connectivity index (χ2n) is 5.57. The number of piperidine rings is 1. The second-order valence-corrected chi connectivity index (χ2v) is 7.15. The van der Waals surface area contributed by atoms with Gasteiger partial charge >= 0.3 is 5.97 Å². The van der Waals surface area contributed by atoms with Crippen molar-refractivity contribution < 1.29 is 18.3 Å². The maximum atomic E-state index is 12.1. The smallest absolute Gasteiger partial charge is 0.329 e. The molecule has 3 rings (SSSR count). The molecule has 0 amide bonds. The summed E-state index contributed by atoms with van der Waals surface area (Å²) in [4.78, 5) is 13.4. The van der Waals surface area contributed by atoms with Crippen LogP contribution >= 0.6 is 0 Å². The van der Waals surface area contributed by atoms with E-state index >= 15 is 0 Å². The highest BCUT2D eigenvalue weighted by atomic mass is 32.2. The Kier molecular flexibility index (Phi) is 3.05. The Balaban J connectivity index is 2.14. The van der Waals surface area contributed by atoms with Gasteiger partial charge in [-0.25, -0.2) is 4.79 Å². The number of amidine groups is 1. The van der Waals surface area contributed by atoms with Crippen molar-refractivity contribution in [3.63, 3.8) is 0 Å². The van der Waals surface area contributed by atoms with Crippen LogP contribution in [0.5, 0.6) is 0 Å². The van der Waals surface area contributed by atoms with Crippen LogP contribution in [-0.2, 0) is 14.8 Å². The molecule has 112 valence electrons. The van der Waals surface area contributed by atoms with Gasteiger partial charge in [0.2, 0.25) is 0 Å². The van der Waals surface area contributed by atoms with E-state index in [4.69, 9.17) is 0 Å². The van der Waals surface area contributed by atoms with Crippen molar-refractivity contribution in [3.8, 4) is 0 Å². The number of benzene rings is 1. The Labute approximate surface area is 123 Å². The first-order chi connectivity index (χ1) is 9.86. The van der Waals surface area contributed by atoms with Gasteiger partial charge in [-0.1, -0.05) is 12.1 Å². The van der Waals surface area contributed by atoms with Gasteiger partial charge in [0.05, 0.1) is 0 Å². The predicted molar refractivity (Wildman–Crippen MR) is 76.8 cm³/mol. The fourth-order valence-corrected chi connectivity index (χ4v) is 4.18. The number of likely N-dealkylation sites (tertiary alicyclic amines) is 1. The zero-order valence-electron chi connectivity index (χ0n) is 11.6. The molecule has 7 heteroatoms. The van der Waals surface area contributed by atoms with E-state index in [1.54, 1.807) is 30.0 Å². The van der Waals surface area contributed by atoms with Crippen molar-refractivity contribution in [2.45, 2.75) is 36.6 Å². The van der Waals surface area contributed by atoms with E-state index in [2.05, 4.69) is 4.40 Å². The maximum absolute atomic E-state index is 12.1. The molecule has 0 spiro atoms. The van der Waals surface area contributed by atoms with E-state index in [9.17, 15) is 18.3 Å². The van der Waals surface area contributed by atoms with Crippen LogP contribution in [0, 0.1) is 0 Å². The minimum Gasteiger partial charge on any atom is -0.480 e. The molecular weight excluding hydrogens is 292 g/mol. The summed E-state index contributed by atoms with van der Waals surface area (Å²) in [5.41, 5.74) is -0.629. The van der Waals surface area contributed by atoms with Gasteiger partial charge in [0.1, 0.15) is 10.4 Å². The number of carbonyl (C=O) groups is 1. The van der Waals surface area contributed by atoms with Gasteiger partial charge in [0.15, 0.2) is 5.84 Å². The van der Waals surface area contributed by atoms with Gasteiger partial charge in [-0.05, 0) is 38.3 Å². The van der Waals surface area contributed by atoms with Crippen LogP contribution in [0.25, 0.3) is 0 Å². The number of carboxylic acids is 1. The number of aliphatic carboxylic acids is 1. The first kappa shape index (κ1) is 14.1. The number of carboxylic acid groups (broad SMARTS) is 1. The summed E-state index contributed by atoms with van der Waals surface area (Å²) in [6.07, 6.45) is 2.11. The molecule has 2 aliphatic heterocycles. The van der Waals surface area contributed by atoms with Crippen LogP contribution in [0.15, 0.2) is 33.6 Å². The molecule has 0 bridgehead atoms. The van der Waals surface area contributed by atoms with Crippen molar-refractivity contribution >= 4 is 21.8 Å². The van der Waals surface area contributed by atoms with E-state index in [0.717, 1.165) is 12.8 Å². The van der Waals surface area contributed by atoms with Gasteiger partial charge in [0.25, 0.3) is 10.0 Å². The molecule has 2 heterocycles. The van der Waals surface area contributed by atoms with Gasteiger partial charge < -0.3 is 10.0 Å². The molecule has 0 saturated carbocycles. The molecule has 1 atom stereocenters. The lowest BCUT2D eigenvalue weighted by Crippen LogP contribution is -2.57. The van der Waals surface area contributed by atoms with Crippen LogP contribution in [0.4, 0.5) is 0 Å². The van der Waals surface area contributed by atoms with Gasteiger partial charge in [0, 0.05) is 12.1 Å². The first-order valence-electron chi connectivity index (χ1n) is 6.82. The van der Waals surface area contributed by atoms with Crippen LogP contribution in [0.2, 0.25) is 0 Å². The van der Waals surface area contributed by atoms with Crippen molar-refractivity contribution in [1.29, 1.82) is 0 Å². The second kappa shape index (κ2) is 4.56. The highest BCUT2D eigenvalue weighted by Crippen LogP contribution is 2.35. The summed E-state index contributed by atoms with van der Waals surface area (Å²) < 4.78 is 28.1. The van der Waals surface area contributed by atoms with Crippen molar-refractivity contribution in [3.05, 3.63) is 29.8 Å². The molecule has 1 aromatic rings. The number of hydrogen-bond donors (Lipinski definition) is 1. The average Bonchev–Trinajstić information content (AvgIpc) is 2.72. The fraction of sp³-hybridized carbons (Fsp3) is 0.429. The highest BCUT2D eigenvalue weighted by Gasteiger charge is 2.46. The van der Waals surface area contributed by atoms with E-state index in [-0.39, 0.29) is 10.7 Å². The number of nitrogens with zero attached hydrogens (tertiary/aromatic N) is 2. The van der Waals surface area contributed by atoms with Crippen molar-refractivity contribution in [1.82, 2.24) is 4.90 Å². The minimum absolute atomic E-state index is 0.151. The zero-order valence-corrected chi connectivity index (χ0v) is 12.4. The number of hydrogen-bond acceptors (Lipinski definition) is 4. The molecule has 6 nitrogen and oxygen atoms in total. The molecule has 1 unspecified atom stereocenters. The molecule has 0 aromatic heterocycles. The summed E-state index contributed by atoms with van der Waals surface area (Å²) in [7, 11) is -3.73. The fourth-order valence-electron chi connectivity index (χ4n) is 2.97. The van der Waals surface area contributed by atoms with Crippen LogP contribution in [0.1, 0.15) is 31.7 Å². The number of fused-ring (bicyclic) bond motifs is 1. The summed E-state index contributed by atoms with van der Waals surface area (Å²) in [6.45, 7) is 2.12. The zero-order chi connectivity index (χ0) is 15.3. The minimum atomic E-state index is -3.73. The quantitative estimate of drug-likeness (QED) is 0.849. The van der Waals surface area contributed by atoms with Crippen LogP contribution < -0.4 is 0 Å². The summed E-state index contributed by atoms with van der Waals surface area (Å²) in [5, 5.41) is 9.56. The summed E-state index contributed by atoms with van der Waals surface area (Å²) >= 11 is 0. The molecule has 1 N–H and O–H groups in total. The number of rotatable bonds is 1. The monoisotopic (exact) mass is 308 g/mol. The van der Waals surface area contributed by atoms with Crippen molar-refractivity contribution in [2.75, 3.05) is 6.54 Å². The van der Waals surface area contributed by atoms with E-state index in [0.29, 0.717) is 18.5 Å². The molecule has 2 aliphatic rings.